The average Bonchev–Trinajstić information content (AvgIpc) is 2.59. The van der Waals surface area contributed by atoms with Gasteiger partial charge >= 0.3 is 0 Å². The number of piperidine rings is 1. The topological polar surface area (TPSA) is 92.5 Å². The van der Waals surface area contributed by atoms with Gasteiger partial charge in [0.25, 0.3) is 0 Å². The van der Waals surface area contributed by atoms with Gasteiger partial charge in [0.1, 0.15) is 16.8 Å². The summed E-state index contributed by atoms with van der Waals surface area (Å²) in [5.41, 5.74) is 5.93. The lowest BCUT2D eigenvalue weighted by molar-refractivity contribution is -0.135. The van der Waals surface area contributed by atoms with Gasteiger partial charge in [0.05, 0.1) is 0 Å². The number of halogens is 2. The van der Waals surface area contributed by atoms with Gasteiger partial charge in [-0.25, -0.2) is 12.8 Å². The van der Waals surface area contributed by atoms with Crippen LogP contribution >= 0.6 is 12.4 Å². The molecule has 27 heavy (non-hydrogen) atoms. The Morgan fingerprint density at radius 3 is 2.26 bits per heavy atom. The van der Waals surface area contributed by atoms with E-state index in [0.29, 0.717) is 19.0 Å². The molecular weight excluding hydrogens is 393 g/mol. The number of nitrogens with zero attached hydrogens (tertiary/aromatic N) is 1. The summed E-state index contributed by atoms with van der Waals surface area (Å²) in [4.78, 5) is 14.1. The Labute approximate surface area is 167 Å². The smallest absolute Gasteiger partial charge is 0.244 e. The van der Waals surface area contributed by atoms with Crippen molar-refractivity contribution in [1.29, 1.82) is 0 Å². The molecule has 2 unspecified atom stereocenters. The molecule has 1 aromatic carbocycles. The number of nitrogens with one attached hydrogen (secondary N) is 1. The normalized spacial score (nSPS) is 18.1. The van der Waals surface area contributed by atoms with E-state index in [0.717, 1.165) is 18.9 Å². The SMILES string of the molecule is CC(C)C(NS(=O)(=O)c1ccccc1F)C(=O)N1CCC(C(C)N)CC1.Cl. The van der Waals surface area contributed by atoms with Crippen LogP contribution < -0.4 is 10.5 Å². The molecule has 0 aliphatic carbocycles. The van der Waals surface area contributed by atoms with Crippen molar-refractivity contribution >= 4 is 28.3 Å². The van der Waals surface area contributed by atoms with Crippen LogP contribution in [0.25, 0.3) is 0 Å². The van der Waals surface area contributed by atoms with Gasteiger partial charge in [-0.3, -0.25) is 4.79 Å². The number of carbonyl (C=O) groups excluding carboxylic acids is 1. The molecule has 1 fully saturated rings. The lowest BCUT2D eigenvalue weighted by Gasteiger charge is -2.36. The minimum absolute atomic E-state index is 0. The highest BCUT2D eigenvalue weighted by Gasteiger charge is 2.34. The molecule has 6 nitrogen and oxygen atoms in total. The second kappa shape index (κ2) is 9.82. The molecule has 2 atom stereocenters. The highest BCUT2D eigenvalue weighted by molar-refractivity contribution is 7.89. The standard InChI is InChI=1S/C18H28FN3O3S.ClH/c1-12(2)17(18(23)22-10-8-14(9-11-22)13(3)20)21-26(24,25)16-7-5-4-6-15(16)19;/h4-7,12-14,17,21H,8-11,20H2,1-3H3;1H. The molecule has 2 rings (SSSR count). The monoisotopic (exact) mass is 421 g/mol. The number of nitrogens with two attached hydrogens (primary N) is 1. The predicted molar refractivity (Wildman–Crippen MR) is 106 cm³/mol. The van der Waals surface area contributed by atoms with Crippen molar-refractivity contribution in [2.75, 3.05) is 13.1 Å². The minimum Gasteiger partial charge on any atom is -0.341 e. The van der Waals surface area contributed by atoms with E-state index < -0.39 is 26.8 Å². The first-order valence-corrected chi connectivity index (χ1v) is 10.4. The van der Waals surface area contributed by atoms with Crippen molar-refractivity contribution < 1.29 is 17.6 Å². The van der Waals surface area contributed by atoms with Crippen LogP contribution in [0.15, 0.2) is 29.2 Å². The van der Waals surface area contributed by atoms with E-state index in [2.05, 4.69) is 4.72 Å². The molecule has 0 spiro atoms. The molecule has 1 heterocycles. The molecule has 1 aliphatic heterocycles. The van der Waals surface area contributed by atoms with E-state index in [-0.39, 0.29) is 30.3 Å². The second-order valence-corrected chi connectivity index (χ2v) is 8.98. The molecular formula is C18H29ClFN3O3S. The number of amides is 1. The molecule has 154 valence electrons. The average molecular weight is 422 g/mol. The van der Waals surface area contributed by atoms with E-state index >= 15 is 0 Å². The summed E-state index contributed by atoms with van der Waals surface area (Å²) in [6.07, 6.45) is 1.60. The van der Waals surface area contributed by atoms with Crippen LogP contribution in [-0.4, -0.2) is 44.4 Å². The van der Waals surface area contributed by atoms with Crippen molar-refractivity contribution in [3.05, 3.63) is 30.1 Å². The second-order valence-electron chi connectivity index (χ2n) is 7.30. The number of likely N-dealkylation sites (tertiary alicyclic amines) is 1. The zero-order valence-electron chi connectivity index (χ0n) is 15.9. The number of benzene rings is 1. The molecule has 0 bridgehead atoms. The number of sulfonamides is 1. The Balaban J connectivity index is 0.00000364. The van der Waals surface area contributed by atoms with Crippen molar-refractivity contribution in [1.82, 2.24) is 9.62 Å². The lowest BCUT2D eigenvalue weighted by atomic mass is 9.90. The summed E-state index contributed by atoms with van der Waals surface area (Å²) in [5, 5.41) is 0. The highest BCUT2D eigenvalue weighted by Crippen LogP contribution is 2.22. The predicted octanol–water partition coefficient (Wildman–Crippen LogP) is 2.14. The first-order chi connectivity index (χ1) is 12.1. The zero-order chi connectivity index (χ0) is 19.5. The van der Waals surface area contributed by atoms with Gasteiger partial charge < -0.3 is 10.6 Å². The summed E-state index contributed by atoms with van der Waals surface area (Å²) in [6, 6.07) is 4.27. The number of carbonyl (C=O) groups is 1. The summed E-state index contributed by atoms with van der Waals surface area (Å²) < 4.78 is 41.4. The fraction of sp³-hybridized carbons (Fsp3) is 0.611. The molecule has 0 aromatic heterocycles. The number of rotatable bonds is 6. The molecule has 0 radical (unpaired) electrons. The van der Waals surface area contributed by atoms with Crippen LogP contribution in [0.5, 0.6) is 0 Å². The van der Waals surface area contributed by atoms with Gasteiger partial charge in [-0.15, -0.1) is 12.4 Å². The van der Waals surface area contributed by atoms with Crippen molar-refractivity contribution in [2.24, 2.45) is 17.6 Å². The highest BCUT2D eigenvalue weighted by atomic mass is 35.5. The third kappa shape index (κ3) is 5.88. The van der Waals surface area contributed by atoms with Crippen molar-refractivity contribution in [2.45, 2.75) is 50.6 Å². The third-order valence-electron chi connectivity index (χ3n) is 4.94. The van der Waals surface area contributed by atoms with Gasteiger partial charge in [0.15, 0.2) is 0 Å². The van der Waals surface area contributed by atoms with Crippen LogP contribution in [0.1, 0.15) is 33.6 Å². The van der Waals surface area contributed by atoms with Crippen molar-refractivity contribution in [3.8, 4) is 0 Å². The Hall–Kier alpha value is -1.22. The fourth-order valence-electron chi connectivity index (χ4n) is 3.21. The van der Waals surface area contributed by atoms with Crippen LogP contribution in [0.2, 0.25) is 0 Å². The van der Waals surface area contributed by atoms with Gasteiger partial charge in [0.2, 0.25) is 15.9 Å². The van der Waals surface area contributed by atoms with Gasteiger partial charge in [-0.1, -0.05) is 26.0 Å². The van der Waals surface area contributed by atoms with E-state index in [1.54, 1.807) is 18.7 Å². The first kappa shape index (κ1) is 23.8. The van der Waals surface area contributed by atoms with Crippen LogP contribution in [0.4, 0.5) is 4.39 Å². The molecule has 9 heteroatoms. The Morgan fingerprint density at radius 1 is 1.22 bits per heavy atom. The van der Waals surface area contributed by atoms with E-state index in [9.17, 15) is 17.6 Å². The zero-order valence-corrected chi connectivity index (χ0v) is 17.5. The third-order valence-corrected chi connectivity index (χ3v) is 6.41. The van der Waals surface area contributed by atoms with Crippen LogP contribution in [-0.2, 0) is 14.8 Å². The summed E-state index contributed by atoms with van der Waals surface area (Å²) in [6.45, 7) is 6.59. The van der Waals surface area contributed by atoms with E-state index in [1.165, 1.54) is 18.2 Å². The minimum atomic E-state index is -4.14. The van der Waals surface area contributed by atoms with Crippen LogP contribution in [0, 0.1) is 17.7 Å². The maximum absolute atomic E-state index is 13.9. The molecule has 3 N–H and O–H groups in total. The first-order valence-electron chi connectivity index (χ1n) is 8.94. The molecule has 0 saturated carbocycles. The molecule has 1 aliphatic rings. The number of hydrogen-bond donors (Lipinski definition) is 2. The summed E-state index contributed by atoms with van der Waals surface area (Å²) >= 11 is 0. The Morgan fingerprint density at radius 2 is 1.78 bits per heavy atom. The fourth-order valence-corrected chi connectivity index (χ4v) is 4.62. The maximum atomic E-state index is 13.9. The van der Waals surface area contributed by atoms with E-state index in [4.69, 9.17) is 5.73 Å². The van der Waals surface area contributed by atoms with Gasteiger partial charge in [-0.05, 0) is 43.7 Å². The van der Waals surface area contributed by atoms with Crippen LogP contribution in [0.3, 0.4) is 0 Å². The molecule has 1 amide bonds. The largest absolute Gasteiger partial charge is 0.341 e. The van der Waals surface area contributed by atoms with Gasteiger partial charge in [-0.2, -0.15) is 4.72 Å². The Bertz CT molecular complexity index is 735. The van der Waals surface area contributed by atoms with E-state index in [1.807, 2.05) is 6.92 Å². The molecule has 1 aromatic rings. The number of hydrogen-bond acceptors (Lipinski definition) is 4. The summed E-state index contributed by atoms with van der Waals surface area (Å²) in [7, 11) is -4.14. The van der Waals surface area contributed by atoms with Gasteiger partial charge in [0, 0.05) is 19.1 Å². The maximum Gasteiger partial charge on any atom is 0.244 e. The quantitative estimate of drug-likeness (QED) is 0.735. The Kier molecular flexibility index (Phi) is 8.66. The summed E-state index contributed by atoms with van der Waals surface area (Å²) in [5.74, 6) is -1.02. The molecule has 1 saturated heterocycles. The lowest BCUT2D eigenvalue weighted by Crippen LogP contribution is -2.53. The van der Waals surface area contributed by atoms with Crippen molar-refractivity contribution in [3.63, 3.8) is 0 Å².